The van der Waals surface area contributed by atoms with E-state index in [0.717, 1.165) is 46.5 Å². The van der Waals surface area contributed by atoms with Crippen LogP contribution in [0.3, 0.4) is 0 Å². The van der Waals surface area contributed by atoms with Gasteiger partial charge in [-0.25, -0.2) is 4.68 Å². The van der Waals surface area contributed by atoms with Gasteiger partial charge in [0.25, 0.3) is 5.91 Å². The molecule has 1 unspecified atom stereocenters. The number of hydrogen-bond acceptors (Lipinski definition) is 7. The monoisotopic (exact) mass is 709 g/mol. The summed E-state index contributed by atoms with van der Waals surface area (Å²) in [6.45, 7) is 10.7. The first kappa shape index (κ1) is 32.9. The summed E-state index contributed by atoms with van der Waals surface area (Å²) in [4.78, 5) is 18.9. The van der Waals surface area contributed by atoms with Gasteiger partial charge in [-0.1, -0.05) is 67.0 Å². The zero-order valence-electron chi connectivity index (χ0n) is 26.0. The molecule has 8 nitrogen and oxygen atoms in total. The lowest BCUT2D eigenvalue weighted by Crippen LogP contribution is -2.31. The summed E-state index contributed by atoms with van der Waals surface area (Å²) in [7, 11) is 0. The number of thioether (sulfide) groups is 1. The number of allylic oxidation sites excluding steroid dienone is 1. The SMILES string of the molecule is CCCCSc1nc2n(n1)C(c1cc(Br)c(OCc3ccccc3Cl)c(OCC)c1)C(C(=O)Nc1cccc(C)c1C)=C(C)N2. The van der Waals surface area contributed by atoms with E-state index in [9.17, 15) is 4.79 Å². The number of halogens is 2. The molecule has 2 N–H and O–H groups in total. The highest BCUT2D eigenvalue weighted by Crippen LogP contribution is 2.44. The molecule has 4 aromatic rings. The third kappa shape index (κ3) is 7.34. The maximum absolute atomic E-state index is 14.2. The Kier molecular flexibility index (Phi) is 10.8. The minimum atomic E-state index is -0.590. The maximum atomic E-state index is 14.2. The molecular weight excluding hydrogens is 674 g/mol. The van der Waals surface area contributed by atoms with Crippen LogP contribution in [-0.2, 0) is 11.4 Å². The number of carbonyl (C=O) groups excluding carboxylic acids is 1. The summed E-state index contributed by atoms with van der Waals surface area (Å²) in [5.41, 5.74) is 5.75. The highest BCUT2D eigenvalue weighted by atomic mass is 79.9. The highest BCUT2D eigenvalue weighted by molar-refractivity contribution is 9.10. The Hall–Kier alpha value is -3.47. The van der Waals surface area contributed by atoms with Crippen LogP contribution in [0.4, 0.5) is 11.6 Å². The van der Waals surface area contributed by atoms with Crippen molar-refractivity contribution in [1.29, 1.82) is 0 Å². The lowest BCUT2D eigenvalue weighted by Gasteiger charge is -2.29. The molecule has 1 aliphatic heterocycles. The van der Waals surface area contributed by atoms with E-state index < -0.39 is 6.04 Å². The number of fused-ring (bicyclic) bond motifs is 1. The molecule has 1 aromatic heterocycles. The van der Waals surface area contributed by atoms with Crippen molar-refractivity contribution in [3.8, 4) is 11.5 Å². The van der Waals surface area contributed by atoms with E-state index in [1.54, 1.807) is 16.4 Å². The fourth-order valence-electron chi connectivity index (χ4n) is 5.09. The number of ether oxygens (including phenoxy) is 2. The van der Waals surface area contributed by atoms with Crippen LogP contribution in [0.2, 0.25) is 5.02 Å². The minimum Gasteiger partial charge on any atom is -0.490 e. The molecule has 0 fully saturated rings. The van der Waals surface area contributed by atoms with Gasteiger partial charge in [0.05, 0.1) is 16.7 Å². The number of nitrogens with zero attached hydrogens (tertiary/aromatic N) is 3. The van der Waals surface area contributed by atoms with Crippen LogP contribution in [0, 0.1) is 13.8 Å². The van der Waals surface area contributed by atoms with E-state index in [1.807, 2.05) is 82.3 Å². The molecule has 1 atom stereocenters. The van der Waals surface area contributed by atoms with Gasteiger partial charge < -0.3 is 20.1 Å². The number of aromatic nitrogens is 3. The fourth-order valence-corrected chi connectivity index (χ4v) is 6.77. The van der Waals surface area contributed by atoms with Gasteiger partial charge in [-0.15, -0.1) is 5.10 Å². The second-order valence-corrected chi connectivity index (χ2v) is 13.1. The molecule has 2 heterocycles. The Morgan fingerprint density at radius 1 is 1.11 bits per heavy atom. The smallest absolute Gasteiger partial charge is 0.255 e. The number of hydrogen-bond donors (Lipinski definition) is 2. The van der Waals surface area contributed by atoms with Crippen LogP contribution in [0.5, 0.6) is 11.5 Å². The van der Waals surface area contributed by atoms with Crippen LogP contribution in [0.1, 0.15) is 61.9 Å². The Morgan fingerprint density at radius 2 is 1.91 bits per heavy atom. The first-order chi connectivity index (χ1) is 21.7. The first-order valence-corrected chi connectivity index (χ1v) is 17.1. The minimum absolute atomic E-state index is 0.229. The summed E-state index contributed by atoms with van der Waals surface area (Å²) in [5, 5.41) is 12.7. The topological polar surface area (TPSA) is 90.3 Å². The van der Waals surface area contributed by atoms with Gasteiger partial charge in [0.15, 0.2) is 11.5 Å². The number of rotatable bonds is 12. The number of nitrogens with one attached hydrogen (secondary N) is 2. The predicted octanol–water partition coefficient (Wildman–Crippen LogP) is 9.11. The Labute approximate surface area is 282 Å². The second-order valence-electron chi connectivity index (χ2n) is 10.8. The van der Waals surface area contributed by atoms with E-state index in [-0.39, 0.29) is 12.5 Å². The van der Waals surface area contributed by atoms with E-state index in [4.69, 9.17) is 31.2 Å². The summed E-state index contributed by atoms with van der Waals surface area (Å²) < 4.78 is 14.8. The molecule has 236 valence electrons. The Balaban J connectivity index is 1.57. The number of anilines is 2. The molecule has 5 rings (SSSR count). The Morgan fingerprint density at radius 3 is 2.67 bits per heavy atom. The van der Waals surface area contributed by atoms with Gasteiger partial charge in [0.2, 0.25) is 11.1 Å². The lowest BCUT2D eigenvalue weighted by atomic mass is 9.94. The largest absolute Gasteiger partial charge is 0.490 e. The van der Waals surface area contributed by atoms with E-state index >= 15 is 0 Å². The van der Waals surface area contributed by atoms with Crippen molar-refractivity contribution in [2.24, 2.45) is 0 Å². The van der Waals surface area contributed by atoms with Crippen LogP contribution >= 0.6 is 39.3 Å². The van der Waals surface area contributed by atoms with Crippen LogP contribution in [0.15, 0.2) is 75.5 Å². The number of benzene rings is 3. The summed E-state index contributed by atoms with van der Waals surface area (Å²) in [6, 6.07) is 16.7. The quantitative estimate of drug-likeness (QED) is 0.112. The summed E-state index contributed by atoms with van der Waals surface area (Å²) in [5.74, 6) is 2.35. The number of unbranched alkanes of at least 4 members (excludes halogenated alkanes) is 1. The molecule has 1 amide bonds. The molecule has 0 aliphatic carbocycles. The van der Waals surface area contributed by atoms with E-state index in [0.29, 0.717) is 50.0 Å². The molecule has 45 heavy (non-hydrogen) atoms. The van der Waals surface area contributed by atoms with Crippen molar-refractivity contribution in [3.63, 3.8) is 0 Å². The standard InChI is InChI=1S/C34H37BrClN5O3S/c1-6-8-16-45-34-39-33-37-22(5)29(32(42)38-27-15-11-12-20(3)21(27)4)30(41(33)40-34)24-17-25(35)31(28(18-24)43-7-2)44-19-23-13-9-10-14-26(23)36/h9-15,17-18,30H,6-8,16,19H2,1-5H3,(H,38,42)(H,37,39,40). The van der Waals surface area contributed by atoms with Crippen molar-refractivity contribution < 1.29 is 14.3 Å². The average Bonchev–Trinajstić information content (AvgIpc) is 3.41. The van der Waals surface area contributed by atoms with Crippen LogP contribution in [-0.4, -0.2) is 33.0 Å². The normalized spacial score (nSPS) is 14.2. The van der Waals surface area contributed by atoms with Crippen LogP contribution in [0.25, 0.3) is 0 Å². The third-order valence-corrected chi connectivity index (χ3v) is 9.52. The number of aryl methyl sites for hydroxylation is 1. The van der Waals surface area contributed by atoms with Crippen molar-refractivity contribution in [2.45, 2.75) is 65.3 Å². The third-order valence-electron chi connectivity index (χ3n) is 7.64. The molecular formula is C34H37BrClN5O3S. The summed E-state index contributed by atoms with van der Waals surface area (Å²) in [6.07, 6.45) is 2.15. The molecule has 0 bridgehead atoms. The average molecular weight is 711 g/mol. The molecule has 0 saturated heterocycles. The molecule has 0 radical (unpaired) electrons. The van der Waals surface area contributed by atoms with Gasteiger partial charge in [0, 0.05) is 27.7 Å². The molecule has 3 aromatic carbocycles. The predicted molar refractivity (Wildman–Crippen MR) is 186 cm³/mol. The van der Waals surface area contributed by atoms with Gasteiger partial charge in [-0.3, -0.25) is 4.79 Å². The van der Waals surface area contributed by atoms with Gasteiger partial charge in [-0.05, 0) is 91.0 Å². The van der Waals surface area contributed by atoms with Gasteiger partial charge >= 0.3 is 0 Å². The highest BCUT2D eigenvalue weighted by Gasteiger charge is 2.35. The molecule has 0 saturated carbocycles. The number of amides is 1. The zero-order valence-corrected chi connectivity index (χ0v) is 29.2. The zero-order chi connectivity index (χ0) is 32.1. The molecule has 11 heteroatoms. The lowest BCUT2D eigenvalue weighted by molar-refractivity contribution is -0.113. The summed E-state index contributed by atoms with van der Waals surface area (Å²) >= 11 is 11.7. The fraction of sp³-hybridized carbons (Fsp3) is 0.324. The van der Waals surface area contributed by atoms with Crippen molar-refractivity contribution in [3.05, 3.63) is 97.6 Å². The molecule has 1 aliphatic rings. The second kappa shape index (κ2) is 14.7. The van der Waals surface area contributed by atoms with Crippen molar-refractivity contribution in [2.75, 3.05) is 23.0 Å². The van der Waals surface area contributed by atoms with Crippen molar-refractivity contribution >= 4 is 56.8 Å². The number of carbonyl (C=O) groups is 1. The first-order valence-electron chi connectivity index (χ1n) is 15.0. The van der Waals surface area contributed by atoms with Gasteiger partial charge in [0.1, 0.15) is 12.6 Å². The van der Waals surface area contributed by atoms with E-state index in [1.165, 1.54) is 0 Å². The Bertz CT molecular complexity index is 1740. The maximum Gasteiger partial charge on any atom is 0.255 e. The van der Waals surface area contributed by atoms with Crippen LogP contribution < -0.4 is 20.1 Å². The van der Waals surface area contributed by atoms with Gasteiger partial charge in [-0.2, -0.15) is 4.98 Å². The molecule has 0 spiro atoms. The van der Waals surface area contributed by atoms with Crippen molar-refractivity contribution in [1.82, 2.24) is 14.8 Å². The van der Waals surface area contributed by atoms with E-state index in [2.05, 4.69) is 33.5 Å².